The van der Waals surface area contributed by atoms with E-state index in [0.717, 1.165) is 25.3 Å². The first-order chi connectivity index (χ1) is 12.7. The second-order valence-electron chi connectivity index (χ2n) is 6.29. The van der Waals surface area contributed by atoms with Gasteiger partial charge in [-0.1, -0.05) is 11.6 Å². The van der Waals surface area contributed by atoms with Crippen LogP contribution in [0.4, 0.5) is 24.9 Å². The van der Waals surface area contributed by atoms with Crippen molar-refractivity contribution in [1.29, 1.82) is 0 Å². The maximum absolute atomic E-state index is 12.7. The quantitative estimate of drug-likeness (QED) is 0.503. The zero-order valence-electron chi connectivity index (χ0n) is 13.9. The Balaban J connectivity index is 1.94. The number of aromatic nitrogens is 2. The monoisotopic (exact) mass is 420 g/mol. The molecule has 6 nitrogen and oxygen atoms in total. The number of alkyl halides is 3. The first-order valence-electron chi connectivity index (χ1n) is 8.11. The Hall–Kier alpha value is -1.91. The molecule has 1 saturated carbocycles. The number of aliphatic hydroxyl groups is 1. The van der Waals surface area contributed by atoms with Crippen molar-refractivity contribution in [3.05, 3.63) is 22.2 Å². The number of hydrogen-bond donors (Lipinski definition) is 3. The number of nitrogens with two attached hydrogens (primary N) is 1. The van der Waals surface area contributed by atoms with E-state index in [-0.39, 0.29) is 29.7 Å². The molecule has 2 aromatic heterocycles. The van der Waals surface area contributed by atoms with E-state index in [9.17, 15) is 23.1 Å². The van der Waals surface area contributed by atoms with Crippen LogP contribution in [0.25, 0.3) is 10.4 Å². The molecule has 0 saturated heterocycles. The summed E-state index contributed by atoms with van der Waals surface area (Å²) in [7, 11) is 0. The molecule has 0 amide bonds. The van der Waals surface area contributed by atoms with Gasteiger partial charge in [0.05, 0.1) is 10.4 Å². The van der Waals surface area contributed by atoms with E-state index in [1.165, 1.54) is 6.07 Å². The standard InChI is InChI=1S/C16H16ClF3N4O2S/c17-13-11(9-3-4-10(27-9)12(26)16(18,19)20)14(24-15(21)23-13)22-8-2-1-7(5-8)6-25/h3-4,7-8,25H,1-2,5-6H2,(H3,21,22,23,24)/t7-,8+/m1/s1. The number of nitrogen functional groups attached to an aromatic ring is 1. The highest BCUT2D eigenvalue weighted by Gasteiger charge is 2.40. The van der Waals surface area contributed by atoms with Gasteiger partial charge in [-0.15, -0.1) is 11.3 Å². The number of halogens is 4. The lowest BCUT2D eigenvalue weighted by atomic mass is 10.1. The predicted octanol–water partition coefficient (Wildman–Crippen LogP) is 3.76. The molecule has 1 aliphatic rings. The fourth-order valence-electron chi connectivity index (χ4n) is 3.07. The molecule has 0 radical (unpaired) electrons. The Labute approximate surface area is 161 Å². The summed E-state index contributed by atoms with van der Waals surface area (Å²) in [6.07, 6.45) is -2.58. The molecule has 0 aromatic carbocycles. The van der Waals surface area contributed by atoms with E-state index < -0.39 is 16.8 Å². The number of anilines is 2. The summed E-state index contributed by atoms with van der Waals surface area (Å²) in [4.78, 5) is 19.3. The molecule has 3 rings (SSSR count). The lowest BCUT2D eigenvalue weighted by Crippen LogP contribution is -2.21. The molecule has 146 valence electrons. The maximum Gasteiger partial charge on any atom is 0.455 e. The molecule has 2 heterocycles. The van der Waals surface area contributed by atoms with Gasteiger partial charge in [0.15, 0.2) is 0 Å². The van der Waals surface area contributed by atoms with Crippen LogP contribution in [-0.2, 0) is 0 Å². The van der Waals surface area contributed by atoms with Crippen molar-refractivity contribution in [2.45, 2.75) is 31.5 Å². The van der Waals surface area contributed by atoms with E-state index in [1.54, 1.807) is 0 Å². The molecule has 0 unspecified atom stereocenters. The number of hydrogen-bond acceptors (Lipinski definition) is 7. The van der Waals surface area contributed by atoms with E-state index >= 15 is 0 Å². The summed E-state index contributed by atoms with van der Waals surface area (Å²) >= 11 is 6.84. The largest absolute Gasteiger partial charge is 0.455 e. The number of aliphatic hydroxyl groups excluding tert-OH is 1. The van der Waals surface area contributed by atoms with E-state index in [0.29, 0.717) is 27.6 Å². The number of nitrogens with zero attached hydrogens (tertiary/aromatic N) is 2. The van der Waals surface area contributed by atoms with E-state index in [4.69, 9.17) is 17.3 Å². The molecule has 0 spiro atoms. The van der Waals surface area contributed by atoms with Crippen molar-refractivity contribution in [3.8, 4) is 10.4 Å². The minimum atomic E-state index is -4.95. The molecule has 1 fully saturated rings. The van der Waals surface area contributed by atoms with Crippen molar-refractivity contribution in [2.75, 3.05) is 17.7 Å². The van der Waals surface area contributed by atoms with Crippen molar-refractivity contribution in [1.82, 2.24) is 9.97 Å². The van der Waals surface area contributed by atoms with Crippen LogP contribution in [0, 0.1) is 5.92 Å². The van der Waals surface area contributed by atoms with Gasteiger partial charge in [0, 0.05) is 17.5 Å². The minimum Gasteiger partial charge on any atom is -0.396 e. The zero-order chi connectivity index (χ0) is 19.8. The van der Waals surface area contributed by atoms with E-state index in [1.807, 2.05) is 0 Å². The smallest absolute Gasteiger partial charge is 0.396 e. The van der Waals surface area contributed by atoms with E-state index in [2.05, 4.69) is 15.3 Å². The number of carbonyl (C=O) groups is 1. The van der Waals surface area contributed by atoms with Gasteiger partial charge in [-0.05, 0) is 37.3 Å². The summed E-state index contributed by atoms with van der Waals surface area (Å²) < 4.78 is 38.0. The summed E-state index contributed by atoms with van der Waals surface area (Å²) in [5.74, 6) is -1.52. The van der Waals surface area contributed by atoms with Crippen molar-refractivity contribution in [3.63, 3.8) is 0 Å². The lowest BCUT2D eigenvalue weighted by Gasteiger charge is -2.17. The van der Waals surface area contributed by atoms with Crippen LogP contribution in [0.15, 0.2) is 12.1 Å². The first kappa shape index (κ1) is 19.8. The molecule has 27 heavy (non-hydrogen) atoms. The van der Waals surface area contributed by atoms with Gasteiger partial charge in [-0.3, -0.25) is 4.79 Å². The SMILES string of the molecule is Nc1nc(Cl)c(-c2ccc(C(=O)C(F)(F)F)s2)c(N[C@H]2CC[C@@H](CO)C2)n1. The first-order valence-corrected chi connectivity index (χ1v) is 9.30. The van der Waals surface area contributed by atoms with Crippen LogP contribution in [0.3, 0.4) is 0 Å². The highest BCUT2D eigenvalue weighted by atomic mass is 35.5. The lowest BCUT2D eigenvalue weighted by molar-refractivity contribution is -0.0882. The van der Waals surface area contributed by atoms with Gasteiger partial charge in [-0.2, -0.15) is 18.2 Å². The van der Waals surface area contributed by atoms with Crippen molar-refractivity contribution >= 4 is 40.5 Å². The molecule has 4 N–H and O–H groups in total. The van der Waals surface area contributed by atoms with Crippen molar-refractivity contribution in [2.24, 2.45) is 5.92 Å². The topological polar surface area (TPSA) is 101 Å². The highest BCUT2D eigenvalue weighted by molar-refractivity contribution is 7.17. The average molecular weight is 421 g/mol. The normalized spacial score (nSPS) is 20.0. The number of ketones is 1. The second-order valence-corrected chi connectivity index (χ2v) is 7.73. The Morgan fingerprint density at radius 1 is 1.37 bits per heavy atom. The molecule has 0 bridgehead atoms. The van der Waals surface area contributed by atoms with Gasteiger partial charge >= 0.3 is 6.18 Å². The summed E-state index contributed by atoms with van der Waals surface area (Å²) in [5, 5.41) is 12.5. The Morgan fingerprint density at radius 2 is 2.11 bits per heavy atom. The maximum atomic E-state index is 12.7. The van der Waals surface area contributed by atoms with Gasteiger partial charge < -0.3 is 16.2 Å². The van der Waals surface area contributed by atoms with Gasteiger partial charge in [0.25, 0.3) is 5.78 Å². The number of rotatable bonds is 5. The van der Waals surface area contributed by atoms with Crippen LogP contribution in [0.1, 0.15) is 28.9 Å². The Kier molecular flexibility index (Phi) is 5.59. The molecule has 2 atom stereocenters. The Morgan fingerprint density at radius 3 is 2.74 bits per heavy atom. The van der Waals surface area contributed by atoms with Gasteiger partial charge in [-0.25, -0.2) is 4.98 Å². The summed E-state index contributed by atoms with van der Waals surface area (Å²) in [6, 6.07) is 2.49. The van der Waals surface area contributed by atoms with Crippen LogP contribution >= 0.6 is 22.9 Å². The number of Topliss-reactive ketones (excluding diaryl/α,β-unsaturated/α-hetero) is 1. The molecular weight excluding hydrogens is 405 g/mol. The third-order valence-corrected chi connectivity index (χ3v) is 5.73. The molecule has 0 aliphatic heterocycles. The third-order valence-electron chi connectivity index (χ3n) is 4.36. The predicted molar refractivity (Wildman–Crippen MR) is 97.0 cm³/mol. The second kappa shape index (κ2) is 7.61. The molecule has 2 aromatic rings. The molecule has 1 aliphatic carbocycles. The molecule has 11 heteroatoms. The fraction of sp³-hybridized carbons (Fsp3) is 0.438. The number of nitrogens with one attached hydrogen (secondary N) is 1. The molecular formula is C16H16ClF3N4O2S. The zero-order valence-corrected chi connectivity index (χ0v) is 15.5. The average Bonchev–Trinajstić information content (AvgIpc) is 3.22. The van der Waals surface area contributed by atoms with Crippen molar-refractivity contribution < 1.29 is 23.1 Å². The van der Waals surface area contributed by atoms with Gasteiger partial charge in [0.2, 0.25) is 5.95 Å². The highest BCUT2D eigenvalue weighted by Crippen LogP contribution is 2.40. The van der Waals surface area contributed by atoms with Crippen LogP contribution in [-0.4, -0.2) is 39.7 Å². The Bertz CT molecular complexity index is 859. The minimum absolute atomic E-state index is 0.0162. The summed E-state index contributed by atoms with van der Waals surface area (Å²) in [5.41, 5.74) is 5.95. The number of carbonyl (C=O) groups excluding carboxylic acids is 1. The third kappa shape index (κ3) is 4.33. The van der Waals surface area contributed by atoms with Crippen LogP contribution in [0.5, 0.6) is 0 Å². The van der Waals surface area contributed by atoms with Gasteiger partial charge in [0.1, 0.15) is 11.0 Å². The fourth-order valence-corrected chi connectivity index (χ4v) is 4.42. The van der Waals surface area contributed by atoms with Crippen LogP contribution < -0.4 is 11.1 Å². The van der Waals surface area contributed by atoms with Crippen LogP contribution in [0.2, 0.25) is 5.15 Å². The summed E-state index contributed by atoms with van der Waals surface area (Å²) in [6.45, 7) is 0.0888. The number of thiophene rings is 1.